The molecule has 1 aliphatic rings. The average Bonchev–Trinajstić information content (AvgIpc) is 2.87. The molecule has 1 aromatic heterocycles. The molecule has 1 aromatic carbocycles. The van der Waals surface area contributed by atoms with Crippen molar-refractivity contribution in [2.75, 3.05) is 13.6 Å². The maximum Gasteiger partial charge on any atom is 0.106 e. The maximum absolute atomic E-state index is 8.00. The van der Waals surface area contributed by atoms with Crippen LogP contribution in [0.3, 0.4) is 0 Å². The summed E-state index contributed by atoms with van der Waals surface area (Å²) in [5, 5.41) is 1.31. The lowest BCUT2D eigenvalue weighted by Gasteiger charge is -2.43. The Kier molecular flexibility index (Phi) is 5.17. The standard InChI is InChI=1S/C15H19BrN2S.CH2O/c1-15(2)9-10(6-7-18(15)3)14-17-12-8-11(16)4-5-13(12)19-14;1-2/h4-5,8,10H,6-7,9H2,1-3H3;1H2. The van der Waals surface area contributed by atoms with Gasteiger partial charge in [-0.15, -0.1) is 11.3 Å². The zero-order chi connectivity index (χ0) is 15.6. The van der Waals surface area contributed by atoms with Gasteiger partial charge in [-0.05, 0) is 58.5 Å². The van der Waals surface area contributed by atoms with Crippen molar-refractivity contribution in [3.05, 3.63) is 27.7 Å². The Morgan fingerprint density at radius 3 is 2.81 bits per heavy atom. The minimum atomic E-state index is 0.279. The van der Waals surface area contributed by atoms with E-state index in [0.29, 0.717) is 5.92 Å². The molecule has 0 aliphatic carbocycles. The van der Waals surface area contributed by atoms with Crippen LogP contribution in [0.1, 0.15) is 37.6 Å². The molecule has 1 atom stereocenters. The van der Waals surface area contributed by atoms with Crippen LogP contribution < -0.4 is 0 Å². The third-order valence-corrected chi connectivity index (χ3v) is 6.00. The highest BCUT2D eigenvalue weighted by atomic mass is 79.9. The lowest BCUT2D eigenvalue weighted by molar-refractivity contribution is -0.0979. The van der Waals surface area contributed by atoms with Crippen LogP contribution in [-0.2, 0) is 4.79 Å². The number of fused-ring (bicyclic) bond motifs is 1. The molecule has 114 valence electrons. The second kappa shape index (κ2) is 6.55. The Hall–Kier alpha value is -0.780. The monoisotopic (exact) mass is 368 g/mol. The highest BCUT2D eigenvalue weighted by molar-refractivity contribution is 9.10. The molecule has 2 heterocycles. The molecule has 5 heteroatoms. The van der Waals surface area contributed by atoms with Crippen molar-refractivity contribution in [2.45, 2.75) is 38.1 Å². The lowest BCUT2D eigenvalue weighted by atomic mass is 9.83. The first-order chi connectivity index (χ1) is 9.95. The fourth-order valence-corrected chi connectivity index (χ4v) is 4.25. The van der Waals surface area contributed by atoms with Gasteiger partial charge < -0.3 is 9.69 Å². The van der Waals surface area contributed by atoms with Crippen molar-refractivity contribution < 1.29 is 4.79 Å². The summed E-state index contributed by atoms with van der Waals surface area (Å²) in [6.45, 7) is 7.84. The van der Waals surface area contributed by atoms with Crippen LogP contribution in [0.4, 0.5) is 0 Å². The average molecular weight is 369 g/mol. The van der Waals surface area contributed by atoms with Crippen LogP contribution in [0.15, 0.2) is 22.7 Å². The van der Waals surface area contributed by atoms with Gasteiger partial charge in [0.15, 0.2) is 0 Å². The van der Waals surface area contributed by atoms with E-state index in [1.165, 1.54) is 22.5 Å². The van der Waals surface area contributed by atoms with Gasteiger partial charge in [-0.3, -0.25) is 0 Å². The number of benzene rings is 1. The van der Waals surface area contributed by atoms with Crippen molar-refractivity contribution >= 4 is 44.3 Å². The number of halogens is 1. The van der Waals surface area contributed by atoms with Crippen molar-refractivity contribution in [2.24, 2.45) is 0 Å². The number of hydrogen-bond acceptors (Lipinski definition) is 4. The fraction of sp³-hybridized carbons (Fsp3) is 0.500. The SMILES string of the molecule is C=O.CN1CCC(c2nc3cc(Br)ccc3s2)CC1(C)C. The molecule has 1 unspecified atom stereocenters. The van der Waals surface area contributed by atoms with Gasteiger partial charge in [0.25, 0.3) is 0 Å². The van der Waals surface area contributed by atoms with Crippen LogP contribution in [-0.4, -0.2) is 35.8 Å². The van der Waals surface area contributed by atoms with Gasteiger partial charge in [0.1, 0.15) is 6.79 Å². The molecule has 3 rings (SSSR count). The zero-order valence-corrected chi connectivity index (χ0v) is 15.1. The number of nitrogens with zero attached hydrogens (tertiary/aromatic N) is 2. The summed E-state index contributed by atoms with van der Waals surface area (Å²) >= 11 is 5.39. The topological polar surface area (TPSA) is 33.2 Å². The van der Waals surface area contributed by atoms with E-state index in [1.54, 1.807) is 0 Å². The summed E-state index contributed by atoms with van der Waals surface area (Å²) < 4.78 is 2.41. The number of piperidine rings is 1. The fourth-order valence-electron chi connectivity index (χ4n) is 2.82. The first-order valence-electron chi connectivity index (χ1n) is 7.02. The molecule has 0 saturated carbocycles. The molecule has 2 aromatic rings. The second-order valence-electron chi connectivity index (χ2n) is 6.09. The minimum absolute atomic E-state index is 0.279. The molecule has 0 N–H and O–H groups in total. The summed E-state index contributed by atoms with van der Waals surface area (Å²) in [4.78, 5) is 15.3. The quantitative estimate of drug-likeness (QED) is 0.744. The summed E-state index contributed by atoms with van der Waals surface area (Å²) in [7, 11) is 2.23. The van der Waals surface area contributed by atoms with E-state index in [0.717, 1.165) is 16.5 Å². The molecular weight excluding hydrogens is 348 g/mol. The molecule has 1 fully saturated rings. The van der Waals surface area contributed by atoms with Gasteiger partial charge in [0.05, 0.1) is 15.2 Å². The predicted molar refractivity (Wildman–Crippen MR) is 93.1 cm³/mol. The predicted octanol–water partition coefficient (Wildman–Crippen LogP) is 4.46. The summed E-state index contributed by atoms with van der Waals surface area (Å²) in [6.07, 6.45) is 2.42. The molecule has 1 saturated heterocycles. The number of aromatic nitrogens is 1. The highest BCUT2D eigenvalue weighted by Gasteiger charge is 2.34. The number of carbonyl (C=O) groups excluding carboxylic acids is 1. The van der Waals surface area contributed by atoms with Crippen molar-refractivity contribution in [3.63, 3.8) is 0 Å². The third-order valence-electron chi connectivity index (χ3n) is 4.31. The Morgan fingerprint density at radius 2 is 2.14 bits per heavy atom. The molecular formula is C16H21BrN2OS. The Morgan fingerprint density at radius 1 is 1.43 bits per heavy atom. The Bertz CT molecular complexity index is 626. The van der Waals surface area contributed by atoms with E-state index < -0.39 is 0 Å². The second-order valence-corrected chi connectivity index (χ2v) is 8.07. The van der Waals surface area contributed by atoms with Gasteiger partial charge in [0.2, 0.25) is 0 Å². The molecule has 21 heavy (non-hydrogen) atoms. The van der Waals surface area contributed by atoms with E-state index in [1.807, 2.05) is 18.1 Å². The summed E-state index contributed by atoms with van der Waals surface area (Å²) in [6, 6.07) is 6.39. The zero-order valence-electron chi connectivity index (χ0n) is 12.7. The maximum atomic E-state index is 8.00. The summed E-state index contributed by atoms with van der Waals surface area (Å²) in [5.74, 6) is 0.613. The Labute approximate surface area is 138 Å². The van der Waals surface area contributed by atoms with Crippen molar-refractivity contribution in [1.82, 2.24) is 9.88 Å². The number of rotatable bonds is 1. The molecule has 0 radical (unpaired) electrons. The molecule has 0 spiro atoms. The third kappa shape index (κ3) is 3.52. The number of carbonyl (C=O) groups is 1. The van der Waals surface area contributed by atoms with Crippen LogP contribution in [0, 0.1) is 0 Å². The van der Waals surface area contributed by atoms with Gasteiger partial charge in [-0.25, -0.2) is 4.98 Å². The smallest absolute Gasteiger partial charge is 0.106 e. The van der Waals surface area contributed by atoms with E-state index in [4.69, 9.17) is 9.78 Å². The van der Waals surface area contributed by atoms with Gasteiger partial charge in [-0.1, -0.05) is 15.9 Å². The first-order valence-corrected chi connectivity index (χ1v) is 8.63. The molecule has 0 bridgehead atoms. The largest absolute Gasteiger partial charge is 0.307 e. The lowest BCUT2D eigenvalue weighted by Crippen LogP contribution is -2.46. The molecule has 3 nitrogen and oxygen atoms in total. The molecule has 0 amide bonds. The van der Waals surface area contributed by atoms with Crippen molar-refractivity contribution in [3.8, 4) is 0 Å². The first kappa shape index (κ1) is 16.6. The minimum Gasteiger partial charge on any atom is -0.307 e. The van der Waals surface area contributed by atoms with Gasteiger partial charge in [-0.2, -0.15) is 0 Å². The normalized spacial score (nSPS) is 21.8. The Balaban J connectivity index is 0.000000774. The van der Waals surface area contributed by atoms with E-state index >= 15 is 0 Å². The van der Waals surface area contributed by atoms with E-state index in [-0.39, 0.29) is 5.54 Å². The van der Waals surface area contributed by atoms with Crippen LogP contribution in [0.2, 0.25) is 0 Å². The van der Waals surface area contributed by atoms with Gasteiger partial charge in [0, 0.05) is 15.9 Å². The van der Waals surface area contributed by atoms with Crippen LogP contribution in [0.25, 0.3) is 10.2 Å². The van der Waals surface area contributed by atoms with E-state index in [9.17, 15) is 0 Å². The van der Waals surface area contributed by atoms with Crippen LogP contribution in [0.5, 0.6) is 0 Å². The van der Waals surface area contributed by atoms with Crippen LogP contribution >= 0.6 is 27.3 Å². The number of likely N-dealkylation sites (tertiary alicyclic amines) is 1. The van der Waals surface area contributed by atoms with Gasteiger partial charge >= 0.3 is 0 Å². The summed E-state index contributed by atoms with van der Waals surface area (Å²) in [5.41, 5.74) is 1.41. The van der Waals surface area contributed by atoms with E-state index in [2.05, 4.69) is 59.9 Å². The van der Waals surface area contributed by atoms with Crippen molar-refractivity contribution in [1.29, 1.82) is 0 Å². The molecule has 1 aliphatic heterocycles. The highest BCUT2D eigenvalue weighted by Crippen LogP contribution is 2.39. The number of thiazole rings is 1. The number of hydrogen-bond donors (Lipinski definition) is 0.